The summed E-state index contributed by atoms with van der Waals surface area (Å²) in [6.07, 6.45) is 0. The van der Waals surface area contributed by atoms with E-state index in [4.69, 9.17) is 29.1 Å². The number of nitrogens with zero attached hydrogens (tertiary/aromatic N) is 1. The van der Waals surface area contributed by atoms with Gasteiger partial charge in [-0.15, -0.1) is 0 Å². The van der Waals surface area contributed by atoms with Crippen LogP contribution in [0.25, 0.3) is 11.0 Å². The summed E-state index contributed by atoms with van der Waals surface area (Å²) in [7, 11) is 4.47. The van der Waals surface area contributed by atoms with Crippen molar-refractivity contribution in [2.45, 2.75) is 5.92 Å². The summed E-state index contributed by atoms with van der Waals surface area (Å²) in [6.45, 7) is 0. The van der Waals surface area contributed by atoms with Gasteiger partial charge in [0.2, 0.25) is 22.8 Å². The molecule has 3 aromatic rings. The fourth-order valence-electron chi connectivity index (χ4n) is 3.57. The lowest BCUT2D eigenvalue weighted by Gasteiger charge is -2.25. The van der Waals surface area contributed by atoms with E-state index in [0.717, 1.165) is 0 Å². The molecule has 0 amide bonds. The van der Waals surface area contributed by atoms with Crippen LogP contribution in [0.2, 0.25) is 0 Å². The highest BCUT2D eigenvalue weighted by Gasteiger charge is 2.36. The van der Waals surface area contributed by atoms with Crippen molar-refractivity contribution >= 4 is 11.0 Å². The first-order valence-electron chi connectivity index (χ1n) is 8.97. The van der Waals surface area contributed by atoms with Crippen molar-refractivity contribution in [1.29, 1.82) is 5.26 Å². The Kier molecular flexibility index (Phi) is 4.72. The van der Waals surface area contributed by atoms with Crippen molar-refractivity contribution in [3.05, 3.63) is 69.4 Å². The summed E-state index contributed by atoms with van der Waals surface area (Å²) in [5.74, 6) is 0.336. The van der Waals surface area contributed by atoms with E-state index in [2.05, 4.69) is 6.07 Å². The largest absolute Gasteiger partial charge is 0.493 e. The van der Waals surface area contributed by atoms with Gasteiger partial charge >= 0.3 is 0 Å². The van der Waals surface area contributed by atoms with Crippen molar-refractivity contribution in [2.24, 2.45) is 5.73 Å². The van der Waals surface area contributed by atoms with Gasteiger partial charge in [0, 0.05) is 0 Å². The van der Waals surface area contributed by atoms with Gasteiger partial charge in [-0.05, 0) is 29.8 Å². The van der Waals surface area contributed by atoms with Gasteiger partial charge in [-0.2, -0.15) is 5.26 Å². The Morgan fingerprint density at radius 1 is 1.07 bits per heavy atom. The predicted molar refractivity (Wildman–Crippen MR) is 108 cm³/mol. The highest BCUT2D eigenvalue weighted by Crippen LogP contribution is 2.46. The average Bonchev–Trinajstić information content (AvgIpc) is 2.78. The van der Waals surface area contributed by atoms with E-state index in [0.29, 0.717) is 33.8 Å². The van der Waals surface area contributed by atoms with Crippen molar-refractivity contribution < 1.29 is 23.4 Å². The molecule has 8 heteroatoms. The molecule has 1 aromatic heterocycles. The zero-order valence-electron chi connectivity index (χ0n) is 16.5. The summed E-state index contributed by atoms with van der Waals surface area (Å²) in [5.41, 5.74) is 6.68. The van der Waals surface area contributed by atoms with Crippen molar-refractivity contribution in [3.8, 4) is 29.1 Å². The molecule has 0 saturated heterocycles. The lowest BCUT2D eigenvalue weighted by Crippen LogP contribution is -2.25. The van der Waals surface area contributed by atoms with Crippen molar-refractivity contribution in [2.75, 3.05) is 21.3 Å². The monoisotopic (exact) mass is 406 g/mol. The number of nitrogens with two attached hydrogens (primary N) is 1. The Balaban J connectivity index is 2.05. The Labute approximate surface area is 171 Å². The molecule has 4 rings (SSSR count). The zero-order valence-corrected chi connectivity index (χ0v) is 16.5. The van der Waals surface area contributed by atoms with Gasteiger partial charge in [0.1, 0.15) is 17.2 Å². The number of nitriles is 1. The number of hydrogen-bond donors (Lipinski definition) is 1. The molecule has 2 heterocycles. The number of rotatable bonds is 4. The Morgan fingerprint density at radius 3 is 2.33 bits per heavy atom. The minimum absolute atomic E-state index is 0.0519. The first-order valence-corrected chi connectivity index (χ1v) is 8.97. The maximum absolute atomic E-state index is 13.0. The van der Waals surface area contributed by atoms with E-state index in [-0.39, 0.29) is 28.4 Å². The third-order valence-corrected chi connectivity index (χ3v) is 4.95. The minimum Gasteiger partial charge on any atom is -0.493 e. The second-order valence-corrected chi connectivity index (χ2v) is 6.50. The van der Waals surface area contributed by atoms with E-state index in [1.54, 1.807) is 36.4 Å². The van der Waals surface area contributed by atoms with E-state index in [1.165, 1.54) is 21.3 Å². The van der Waals surface area contributed by atoms with Crippen LogP contribution in [0.4, 0.5) is 0 Å². The van der Waals surface area contributed by atoms with Gasteiger partial charge in [-0.25, -0.2) is 0 Å². The third-order valence-electron chi connectivity index (χ3n) is 4.95. The van der Waals surface area contributed by atoms with Crippen LogP contribution in [-0.4, -0.2) is 21.3 Å². The zero-order chi connectivity index (χ0) is 21.4. The molecule has 152 valence electrons. The molecule has 1 aliphatic heterocycles. The normalized spacial score (nSPS) is 15.2. The molecular formula is C22H18N2O6. The van der Waals surface area contributed by atoms with E-state index in [9.17, 15) is 10.1 Å². The van der Waals surface area contributed by atoms with Gasteiger partial charge in [0.25, 0.3) is 0 Å². The van der Waals surface area contributed by atoms with E-state index >= 15 is 0 Å². The maximum atomic E-state index is 13.0. The molecule has 1 unspecified atom stereocenters. The molecule has 0 spiro atoms. The molecule has 8 nitrogen and oxygen atoms in total. The van der Waals surface area contributed by atoms with Crippen LogP contribution in [0.5, 0.6) is 23.0 Å². The van der Waals surface area contributed by atoms with Crippen LogP contribution in [0, 0.1) is 11.3 Å². The number of methoxy groups -OCH3 is 3. The van der Waals surface area contributed by atoms with Crippen molar-refractivity contribution in [3.63, 3.8) is 0 Å². The lowest BCUT2D eigenvalue weighted by molar-refractivity contribution is 0.322. The summed E-state index contributed by atoms with van der Waals surface area (Å²) < 4.78 is 27.8. The molecule has 2 N–H and O–H groups in total. The van der Waals surface area contributed by atoms with Crippen LogP contribution in [0.3, 0.4) is 0 Å². The molecule has 0 aliphatic carbocycles. The molecular weight excluding hydrogens is 388 g/mol. The molecule has 1 aliphatic rings. The lowest BCUT2D eigenvalue weighted by atomic mass is 9.87. The quantitative estimate of drug-likeness (QED) is 0.703. The van der Waals surface area contributed by atoms with Crippen LogP contribution in [0.1, 0.15) is 17.2 Å². The Bertz CT molecular complexity index is 1260. The Morgan fingerprint density at radius 2 is 1.73 bits per heavy atom. The third kappa shape index (κ3) is 2.79. The number of benzene rings is 2. The SMILES string of the molecule is COc1cc(C2C(C#N)=C(N)Oc3c2oc2ccccc2c3=O)cc(OC)c1OC. The van der Waals surface area contributed by atoms with Gasteiger partial charge < -0.3 is 29.1 Å². The first kappa shape index (κ1) is 19.2. The molecule has 0 radical (unpaired) electrons. The predicted octanol–water partition coefficient (Wildman–Crippen LogP) is 3.04. The fraction of sp³-hybridized carbons (Fsp3) is 0.182. The smallest absolute Gasteiger partial charge is 0.235 e. The summed E-state index contributed by atoms with van der Waals surface area (Å²) >= 11 is 0. The first-order chi connectivity index (χ1) is 14.5. The summed E-state index contributed by atoms with van der Waals surface area (Å²) in [4.78, 5) is 13.0. The van der Waals surface area contributed by atoms with E-state index < -0.39 is 5.92 Å². The highest BCUT2D eigenvalue weighted by atomic mass is 16.5. The molecule has 0 fully saturated rings. The second kappa shape index (κ2) is 7.37. The minimum atomic E-state index is -0.801. The number of ether oxygens (including phenoxy) is 4. The number of allylic oxidation sites excluding steroid dienone is 1. The fourth-order valence-corrected chi connectivity index (χ4v) is 3.57. The maximum Gasteiger partial charge on any atom is 0.235 e. The van der Waals surface area contributed by atoms with E-state index in [1.807, 2.05) is 0 Å². The summed E-state index contributed by atoms with van der Waals surface area (Å²) in [6, 6.07) is 12.2. The van der Waals surface area contributed by atoms with Crippen LogP contribution in [-0.2, 0) is 0 Å². The Hall–Kier alpha value is -4.12. The average molecular weight is 406 g/mol. The number of para-hydroxylation sites is 1. The molecule has 1 atom stereocenters. The van der Waals surface area contributed by atoms with Gasteiger partial charge in [-0.1, -0.05) is 12.1 Å². The highest BCUT2D eigenvalue weighted by molar-refractivity contribution is 5.79. The van der Waals surface area contributed by atoms with Gasteiger partial charge in [0.05, 0.1) is 32.6 Å². The molecule has 0 bridgehead atoms. The van der Waals surface area contributed by atoms with Gasteiger partial charge in [-0.3, -0.25) is 4.79 Å². The van der Waals surface area contributed by atoms with Crippen molar-refractivity contribution in [1.82, 2.24) is 0 Å². The standard InChI is InChI=1S/C22H18N2O6/c1-26-15-8-11(9-16(27-2)19(15)28-3)17-13(10-23)22(24)30-21-18(25)12-6-4-5-7-14(12)29-20(17)21/h4-9,17H,24H2,1-3H3. The van der Waals surface area contributed by atoms with Crippen LogP contribution < -0.4 is 30.1 Å². The van der Waals surface area contributed by atoms with Gasteiger partial charge in [0.15, 0.2) is 17.3 Å². The molecule has 30 heavy (non-hydrogen) atoms. The van der Waals surface area contributed by atoms with Crippen LogP contribution >= 0.6 is 0 Å². The number of hydrogen-bond acceptors (Lipinski definition) is 8. The topological polar surface area (TPSA) is 117 Å². The summed E-state index contributed by atoms with van der Waals surface area (Å²) in [5, 5.41) is 10.1. The van der Waals surface area contributed by atoms with Crippen LogP contribution in [0.15, 0.2) is 57.1 Å². The number of fused-ring (bicyclic) bond motifs is 2. The second-order valence-electron chi connectivity index (χ2n) is 6.50. The molecule has 2 aromatic carbocycles. The molecule has 0 saturated carbocycles.